The van der Waals surface area contributed by atoms with Crippen molar-refractivity contribution >= 4 is 0 Å². The second kappa shape index (κ2) is 6.07. The minimum absolute atomic E-state index is 0.216. The van der Waals surface area contributed by atoms with Gasteiger partial charge in [-0.15, -0.1) is 0 Å². The lowest BCUT2D eigenvalue weighted by Gasteiger charge is -2.27. The topological polar surface area (TPSA) is 47.0 Å². The molecule has 2 heterocycles. The molecule has 94 valence electrons. The van der Waals surface area contributed by atoms with Crippen molar-refractivity contribution in [2.24, 2.45) is 5.92 Å². The molecule has 4 heteroatoms. The van der Waals surface area contributed by atoms with Crippen LogP contribution in [0, 0.1) is 5.92 Å². The van der Waals surface area contributed by atoms with E-state index >= 15 is 0 Å². The van der Waals surface area contributed by atoms with E-state index in [1.54, 1.807) is 6.33 Å². The highest BCUT2D eigenvalue weighted by molar-refractivity contribution is 5.12. The van der Waals surface area contributed by atoms with Crippen molar-refractivity contribution in [2.75, 3.05) is 13.2 Å². The molecule has 2 rings (SSSR count). The van der Waals surface area contributed by atoms with Crippen LogP contribution in [-0.2, 0) is 4.74 Å². The maximum absolute atomic E-state index is 5.86. The first-order valence-electron chi connectivity index (χ1n) is 6.42. The Hall–Kier alpha value is -1.00. The molecule has 1 aliphatic rings. The van der Waals surface area contributed by atoms with E-state index < -0.39 is 0 Å². The first-order valence-corrected chi connectivity index (χ1v) is 6.42. The molecule has 0 amide bonds. The maximum atomic E-state index is 5.86. The zero-order valence-corrected chi connectivity index (χ0v) is 10.6. The van der Waals surface area contributed by atoms with E-state index in [4.69, 9.17) is 4.74 Å². The van der Waals surface area contributed by atoms with Gasteiger partial charge in [0, 0.05) is 24.6 Å². The van der Waals surface area contributed by atoms with Crippen LogP contribution < -0.4 is 5.32 Å². The highest BCUT2D eigenvalue weighted by Gasteiger charge is 2.32. The first-order chi connectivity index (χ1) is 8.33. The molecule has 17 heavy (non-hydrogen) atoms. The van der Waals surface area contributed by atoms with Gasteiger partial charge in [0.15, 0.2) is 0 Å². The Balaban J connectivity index is 2.13. The fraction of sp³-hybridized carbons (Fsp3) is 0.692. The van der Waals surface area contributed by atoms with Gasteiger partial charge in [-0.25, -0.2) is 9.97 Å². The van der Waals surface area contributed by atoms with Crippen LogP contribution in [0.25, 0.3) is 0 Å². The third-order valence-electron chi connectivity index (χ3n) is 3.33. The predicted molar refractivity (Wildman–Crippen MR) is 66.6 cm³/mol. The molecule has 1 saturated heterocycles. The van der Waals surface area contributed by atoms with Crippen molar-refractivity contribution in [3.63, 3.8) is 0 Å². The molecular formula is C13H21N3O. The molecular weight excluding hydrogens is 214 g/mol. The predicted octanol–water partition coefficient (Wildman–Crippen LogP) is 1.94. The van der Waals surface area contributed by atoms with E-state index in [1.165, 1.54) is 0 Å². The lowest BCUT2D eigenvalue weighted by Crippen LogP contribution is -2.35. The molecule has 0 spiro atoms. The van der Waals surface area contributed by atoms with Crippen LogP contribution >= 0.6 is 0 Å². The van der Waals surface area contributed by atoms with E-state index in [-0.39, 0.29) is 12.1 Å². The zero-order valence-electron chi connectivity index (χ0n) is 10.6. The van der Waals surface area contributed by atoms with Crippen LogP contribution in [0.4, 0.5) is 0 Å². The number of nitrogens with zero attached hydrogens (tertiary/aromatic N) is 2. The van der Waals surface area contributed by atoms with E-state index in [2.05, 4.69) is 29.1 Å². The van der Waals surface area contributed by atoms with Crippen molar-refractivity contribution in [3.05, 3.63) is 24.3 Å². The molecule has 1 aliphatic heterocycles. The lowest BCUT2D eigenvalue weighted by atomic mass is 9.94. The van der Waals surface area contributed by atoms with E-state index in [0.29, 0.717) is 5.92 Å². The summed E-state index contributed by atoms with van der Waals surface area (Å²) in [5, 5.41) is 3.55. The smallest absolute Gasteiger partial charge is 0.115 e. The Morgan fingerprint density at radius 2 is 2.24 bits per heavy atom. The fourth-order valence-corrected chi connectivity index (χ4v) is 2.34. The SMILES string of the molecule is CCCNC(c1cncnc1)C1OCCC1C. The van der Waals surface area contributed by atoms with Crippen molar-refractivity contribution in [3.8, 4) is 0 Å². The van der Waals surface area contributed by atoms with Crippen LogP contribution in [0.3, 0.4) is 0 Å². The molecule has 0 aromatic carbocycles. The number of rotatable bonds is 5. The summed E-state index contributed by atoms with van der Waals surface area (Å²) in [5.74, 6) is 0.588. The molecule has 0 saturated carbocycles. The molecule has 3 unspecified atom stereocenters. The number of nitrogens with one attached hydrogen (secondary N) is 1. The number of hydrogen-bond acceptors (Lipinski definition) is 4. The highest BCUT2D eigenvalue weighted by Crippen LogP contribution is 2.30. The zero-order chi connectivity index (χ0) is 12.1. The van der Waals surface area contributed by atoms with Crippen LogP contribution in [0.15, 0.2) is 18.7 Å². The quantitative estimate of drug-likeness (QED) is 0.847. The number of ether oxygens (including phenoxy) is 1. The Morgan fingerprint density at radius 1 is 1.47 bits per heavy atom. The standard InChI is InChI=1S/C13H21N3O/c1-3-5-16-12(11-7-14-9-15-8-11)13-10(2)4-6-17-13/h7-10,12-13,16H,3-6H2,1-2H3. The molecule has 4 nitrogen and oxygen atoms in total. The molecule has 0 bridgehead atoms. The molecule has 0 aliphatic carbocycles. The van der Waals surface area contributed by atoms with Gasteiger partial charge in [-0.05, 0) is 25.3 Å². The summed E-state index contributed by atoms with van der Waals surface area (Å²) in [6, 6.07) is 0.216. The van der Waals surface area contributed by atoms with Gasteiger partial charge in [0.2, 0.25) is 0 Å². The minimum atomic E-state index is 0.216. The molecule has 1 fully saturated rings. The molecule has 1 N–H and O–H groups in total. The molecule has 1 aromatic heterocycles. The third-order valence-corrected chi connectivity index (χ3v) is 3.33. The van der Waals surface area contributed by atoms with Gasteiger partial charge in [0.05, 0.1) is 12.1 Å². The Morgan fingerprint density at radius 3 is 2.82 bits per heavy atom. The van der Waals surface area contributed by atoms with Crippen LogP contribution in [0.2, 0.25) is 0 Å². The van der Waals surface area contributed by atoms with Crippen molar-refractivity contribution in [1.82, 2.24) is 15.3 Å². The summed E-state index contributed by atoms with van der Waals surface area (Å²) in [4.78, 5) is 8.21. The van der Waals surface area contributed by atoms with Gasteiger partial charge in [-0.1, -0.05) is 13.8 Å². The summed E-state index contributed by atoms with van der Waals surface area (Å²) in [6.45, 7) is 6.28. The van der Waals surface area contributed by atoms with Gasteiger partial charge < -0.3 is 10.1 Å². The molecule has 0 radical (unpaired) electrons. The summed E-state index contributed by atoms with van der Waals surface area (Å²) < 4.78 is 5.86. The van der Waals surface area contributed by atoms with Gasteiger partial charge in [0.25, 0.3) is 0 Å². The normalized spacial score (nSPS) is 26.0. The van der Waals surface area contributed by atoms with E-state index in [1.807, 2.05) is 12.4 Å². The number of hydrogen-bond donors (Lipinski definition) is 1. The van der Waals surface area contributed by atoms with Gasteiger partial charge in [-0.2, -0.15) is 0 Å². The average molecular weight is 235 g/mol. The number of aromatic nitrogens is 2. The van der Waals surface area contributed by atoms with Crippen LogP contribution in [0.1, 0.15) is 38.3 Å². The average Bonchev–Trinajstić information content (AvgIpc) is 2.78. The second-order valence-electron chi connectivity index (χ2n) is 4.70. The third kappa shape index (κ3) is 3.01. The van der Waals surface area contributed by atoms with Crippen molar-refractivity contribution < 1.29 is 4.74 Å². The minimum Gasteiger partial charge on any atom is -0.376 e. The monoisotopic (exact) mass is 235 g/mol. The Labute approximate surface area is 103 Å². The molecule has 3 atom stereocenters. The Kier molecular flexibility index (Phi) is 4.45. The lowest BCUT2D eigenvalue weighted by molar-refractivity contribution is 0.0605. The summed E-state index contributed by atoms with van der Waals surface area (Å²) >= 11 is 0. The largest absolute Gasteiger partial charge is 0.376 e. The van der Waals surface area contributed by atoms with Crippen LogP contribution in [0.5, 0.6) is 0 Å². The Bertz CT molecular complexity index is 331. The van der Waals surface area contributed by atoms with Crippen molar-refractivity contribution in [1.29, 1.82) is 0 Å². The van der Waals surface area contributed by atoms with E-state index in [0.717, 1.165) is 31.6 Å². The van der Waals surface area contributed by atoms with E-state index in [9.17, 15) is 0 Å². The van der Waals surface area contributed by atoms with Gasteiger partial charge >= 0.3 is 0 Å². The molecule has 1 aromatic rings. The van der Waals surface area contributed by atoms with Crippen LogP contribution in [-0.4, -0.2) is 29.2 Å². The van der Waals surface area contributed by atoms with Gasteiger partial charge in [0.1, 0.15) is 6.33 Å². The highest BCUT2D eigenvalue weighted by atomic mass is 16.5. The van der Waals surface area contributed by atoms with Crippen molar-refractivity contribution in [2.45, 2.75) is 38.8 Å². The summed E-state index contributed by atoms with van der Waals surface area (Å²) in [6.07, 6.45) is 7.84. The second-order valence-corrected chi connectivity index (χ2v) is 4.70. The maximum Gasteiger partial charge on any atom is 0.115 e. The fourth-order valence-electron chi connectivity index (χ4n) is 2.34. The first kappa shape index (κ1) is 12.5. The summed E-state index contributed by atoms with van der Waals surface area (Å²) in [5.41, 5.74) is 1.12. The summed E-state index contributed by atoms with van der Waals surface area (Å²) in [7, 11) is 0. The van der Waals surface area contributed by atoms with Gasteiger partial charge in [-0.3, -0.25) is 0 Å².